The number of pyridine rings is 1. The van der Waals surface area contributed by atoms with E-state index in [9.17, 15) is 0 Å². The molecule has 4 heteroatoms. The van der Waals surface area contributed by atoms with Crippen molar-refractivity contribution in [3.05, 3.63) is 30.2 Å². The van der Waals surface area contributed by atoms with Crippen LogP contribution in [-0.4, -0.2) is 16.2 Å². The van der Waals surface area contributed by atoms with Crippen LogP contribution in [0.3, 0.4) is 0 Å². The van der Waals surface area contributed by atoms with E-state index in [-0.39, 0.29) is 0 Å². The maximum Gasteiger partial charge on any atom is 0.0666 e. The lowest BCUT2D eigenvalue weighted by Gasteiger charge is -1.96. The first-order valence-corrected chi connectivity index (χ1v) is 4.99. The Morgan fingerprint density at radius 1 is 1.57 bits per heavy atom. The van der Waals surface area contributed by atoms with Gasteiger partial charge in [-0.3, -0.25) is 4.98 Å². The van der Waals surface area contributed by atoms with Crippen molar-refractivity contribution in [2.75, 3.05) is 6.61 Å². The highest BCUT2D eigenvalue weighted by Crippen LogP contribution is 2.19. The topological polar surface area (TPSA) is 27.1 Å². The molecule has 0 aliphatic carbocycles. The normalized spacial score (nSPS) is 11.0. The van der Waals surface area contributed by atoms with Gasteiger partial charge in [-0.25, -0.2) is 0 Å². The van der Waals surface area contributed by atoms with E-state index < -0.39 is 0 Å². The fourth-order valence-corrected chi connectivity index (χ4v) is 1.80. The van der Waals surface area contributed by atoms with Gasteiger partial charge in [0.05, 0.1) is 18.3 Å². The molecule has 0 aliphatic rings. The molecule has 0 amide bonds. The molecule has 0 spiro atoms. The van der Waals surface area contributed by atoms with Crippen LogP contribution in [0.25, 0.3) is 10.9 Å². The summed E-state index contributed by atoms with van der Waals surface area (Å²) in [6.45, 7) is 0.728. The third-order valence-electron chi connectivity index (χ3n) is 2.36. The quantitative estimate of drug-likeness (QED) is 0.720. The number of aromatic nitrogens is 2. The molecule has 0 radical (unpaired) electrons. The van der Waals surface area contributed by atoms with Gasteiger partial charge in [-0.05, 0) is 18.1 Å². The van der Waals surface area contributed by atoms with Gasteiger partial charge in [0, 0.05) is 34.3 Å². The molecule has 0 fully saturated rings. The molecule has 14 heavy (non-hydrogen) atoms. The molecule has 0 bridgehead atoms. The molecule has 1 atom stereocenters. The van der Waals surface area contributed by atoms with Crippen LogP contribution in [0.2, 0.25) is 0 Å². The average molecular weight is 208 g/mol. The molecule has 0 aliphatic heterocycles. The first-order valence-electron chi connectivity index (χ1n) is 4.52. The minimum absolute atomic E-state index is 0.728. The van der Waals surface area contributed by atoms with Crippen molar-refractivity contribution in [2.24, 2.45) is 7.05 Å². The third kappa shape index (κ3) is 1.66. The molecule has 0 N–H and O–H groups in total. The summed E-state index contributed by atoms with van der Waals surface area (Å²) in [7, 11) is 4.31. The highest BCUT2D eigenvalue weighted by atomic mass is 31.0. The Balaban J connectivity index is 2.44. The largest absolute Gasteiger partial charge is 0.365 e. The van der Waals surface area contributed by atoms with Crippen LogP contribution in [0.4, 0.5) is 0 Å². The molecule has 1 unspecified atom stereocenters. The first-order chi connectivity index (χ1) is 6.83. The summed E-state index contributed by atoms with van der Waals surface area (Å²) in [6.07, 6.45) is 6.79. The predicted octanol–water partition coefficient (Wildman–Crippen LogP) is 1.92. The molecular formula is C10H13N2OP. The minimum atomic E-state index is 0.728. The van der Waals surface area contributed by atoms with Crippen molar-refractivity contribution < 1.29 is 4.52 Å². The Labute approximate surface area is 85.4 Å². The summed E-state index contributed by atoms with van der Waals surface area (Å²) >= 11 is 0. The highest BCUT2D eigenvalue weighted by Gasteiger charge is 2.05. The van der Waals surface area contributed by atoms with Gasteiger partial charge in [0.1, 0.15) is 0 Å². The van der Waals surface area contributed by atoms with Crippen molar-refractivity contribution in [1.82, 2.24) is 9.55 Å². The Morgan fingerprint density at radius 2 is 2.43 bits per heavy atom. The van der Waals surface area contributed by atoms with Crippen molar-refractivity contribution in [1.29, 1.82) is 0 Å². The van der Waals surface area contributed by atoms with Crippen LogP contribution < -0.4 is 0 Å². The molecule has 0 aromatic carbocycles. The van der Waals surface area contributed by atoms with Crippen molar-refractivity contribution in [3.63, 3.8) is 0 Å². The summed E-state index contributed by atoms with van der Waals surface area (Å²) in [4.78, 5) is 4.11. The summed E-state index contributed by atoms with van der Waals surface area (Å²) in [6, 6.07) is 2.05. The molecule has 0 saturated carbocycles. The zero-order valence-corrected chi connectivity index (χ0v) is 9.26. The van der Waals surface area contributed by atoms with Gasteiger partial charge in [-0.15, -0.1) is 0 Å². The molecule has 74 valence electrons. The smallest absolute Gasteiger partial charge is 0.0666 e. The zero-order valence-electron chi connectivity index (χ0n) is 8.10. The number of nitrogens with zero attached hydrogens (tertiary/aromatic N) is 2. The van der Waals surface area contributed by atoms with Crippen LogP contribution >= 0.6 is 9.47 Å². The second-order valence-corrected chi connectivity index (χ2v) is 3.61. The van der Waals surface area contributed by atoms with E-state index in [1.54, 1.807) is 0 Å². The molecule has 2 aromatic rings. The van der Waals surface area contributed by atoms with Crippen LogP contribution in [-0.2, 0) is 18.0 Å². The summed E-state index contributed by atoms with van der Waals surface area (Å²) in [5, 5.41) is 1.27. The van der Waals surface area contributed by atoms with E-state index in [2.05, 4.69) is 25.2 Å². The zero-order chi connectivity index (χ0) is 9.97. The Kier molecular flexibility index (Phi) is 2.80. The van der Waals surface area contributed by atoms with Gasteiger partial charge in [0.2, 0.25) is 0 Å². The summed E-state index contributed by atoms with van der Waals surface area (Å²) in [5.74, 6) is 0. The first kappa shape index (κ1) is 9.63. The lowest BCUT2D eigenvalue weighted by Crippen LogP contribution is -1.89. The second-order valence-electron chi connectivity index (χ2n) is 3.28. The van der Waals surface area contributed by atoms with E-state index in [1.807, 2.05) is 25.5 Å². The van der Waals surface area contributed by atoms with E-state index in [0.29, 0.717) is 0 Å². The number of rotatable bonds is 3. The number of aryl methyl sites for hydroxylation is 1. The van der Waals surface area contributed by atoms with Crippen LogP contribution in [0.1, 0.15) is 5.56 Å². The standard InChI is InChI=1S/C10H13N2OP/c1-12-7-8(3-5-13-14)9-2-4-11-6-10(9)12/h2,4,6-7H,3,5,14H2,1H3. The van der Waals surface area contributed by atoms with Crippen molar-refractivity contribution in [2.45, 2.75) is 6.42 Å². The van der Waals surface area contributed by atoms with E-state index in [0.717, 1.165) is 13.0 Å². The third-order valence-corrected chi connectivity index (χ3v) is 2.60. The molecule has 2 heterocycles. The Bertz CT molecular complexity index is 439. The van der Waals surface area contributed by atoms with Crippen molar-refractivity contribution in [3.8, 4) is 0 Å². The van der Waals surface area contributed by atoms with E-state index in [1.165, 1.54) is 16.5 Å². The predicted molar refractivity (Wildman–Crippen MR) is 60.1 cm³/mol. The average Bonchev–Trinajstić information content (AvgIpc) is 2.54. The van der Waals surface area contributed by atoms with Crippen LogP contribution in [0.5, 0.6) is 0 Å². The van der Waals surface area contributed by atoms with Crippen molar-refractivity contribution >= 4 is 20.4 Å². The lowest BCUT2D eigenvalue weighted by atomic mass is 10.1. The molecule has 2 rings (SSSR count). The Hall–Kier alpha value is -0.920. The maximum atomic E-state index is 5.00. The highest BCUT2D eigenvalue weighted by molar-refractivity contribution is 7.09. The summed E-state index contributed by atoms with van der Waals surface area (Å²) < 4.78 is 7.09. The van der Waals surface area contributed by atoms with Gasteiger partial charge >= 0.3 is 0 Å². The van der Waals surface area contributed by atoms with Gasteiger partial charge in [0.15, 0.2) is 0 Å². The fourth-order valence-electron chi connectivity index (χ4n) is 1.68. The van der Waals surface area contributed by atoms with Gasteiger partial charge in [-0.2, -0.15) is 0 Å². The molecule has 3 nitrogen and oxygen atoms in total. The monoisotopic (exact) mass is 208 g/mol. The Morgan fingerprint density at radius 3 is 3.21 bits per heavy atom. The number of hydrogen-bond acceptors (Lipinski definition) is 2. The second kappa shape index (κ2) is 4.07. The lowest BCUT2D eigenvalue weighted by molar-refractivity contribution is 0.377. The van der Waals surface area contributed by atoms with Crippen LogP contribution in [0, 0.1) is 0 Å². The molecular weight excluding hydrogens is 195 g/mol. The molecule has 0 saturated heterocycles. The molecule has 2 aromatic heterocycles. The van der Waals surface area contributed by atoms with Gasteiger partial charge in [-0.1, -0.05) is 0 Å². The minimum Gasteiger partial charge on any atom is -0.365 e. The van der Waals surface area contributed by atoms with E-state index >= 15 is 0 Å². The summed E-state index contributed by atoms with van der Waals surface area (Å²) in [5.41, 5.74) is 2.48. The fraction of sp³-hybridized carbons (Fsp3) is 0.300. The number of fused-ring (bicyclic) bond motifs is 1. The van der Waals surface area contributed by atoms with Crippen LogP contribution in [0.15, 0.2) is 24.7 Å². The number of hydrogen-bond donors (Lipinski definition) is 0. The maximum absolute atomic E-state index is 5.00. The van der Waals surface area contributed by atoms with E-state index in [4.69, 9.17) is 4.52 Å². The SMILES string of the molecule is Cn1cc(CCOP)c2ccncc21. The van der Waals surface area contributed by atoms with Gasteiger partial charge in [0.25, 0.3) is 0 Å². The van der Waals surface area contributed by atoms with Gasteiger partial charge < -0.3 is 9.09 Å².